The van der Waals surface area contributed by atoms with Gasteiger partial charge in [-0.05, 0) is 38.2 Å². The first-order valence-electron chi connectivity index (χ1n) is 10.1. The fourth-order valence-electron chi connectivity index (χ4n) is 4.05. The molecule has 2 aliphatic rings. The summed E-state index contributed by atoms with van der Waals surface area (Å²) in [5.41, 5.74) is 8.09. The second kappa shape index (κ2) is 8.85. The van der Waals surface area contributed by atoms with E-state index in [9.17, 15) is 9.59 Å². The summed E-state index contributed by atoms with van der Waals surface area (Å²) in [6, 6.07) is 9.23. The van der Waals surface area contributed by atoms with Gasteiger partial charge in [0.2, 0.25) is 11.8 Å². The van der Waals surface area contributed by atoms with E-state index < -0.39 is 6.04 Å². The van der Waals surface area contributed by atoms with Crippen molar-refractivity contribution in [3.63, 3.8) is 0 Å². The Balaban J connectivity index is 1.72. The molecule has 27 heavy (non-hydrogen) atoms. The monoisotopic (exact) mass is 372 g/mol. The molecule has 0 bridgehead atoms. The van der Waals surface area contributed by atoms with Crippen LogP contribution in [-0.4, -0.2) is 59.4 Å². The number of rotatable bonds is 7. The van der Waals surface area contributed by atoms with E-state index in [1.807, 2.05) is 0 Å². The third-order valence-corrected chi connectivity index (χ3v) is 5.70. The standard InChI is InChI=1S/C21H32N4O2/c1-15-3-5-17(6-4-15)14-25(18-7-8-18)19-9-12-24(16(2)26)20(13-19)21(27)23-11-10-22/h3-6,18-20H,7-14,22H2,1-2H3,(H,23,27)/t19?,20-/m1/s1. The van der Waals surface area contributed by atoms with Crippen molar-refractivity contribution in [3.8, 4) is 0 Å². The van der Waals surface area contributed by atoms with Gasteiger partial charge in [0.25, 0.3) is 0 Å². The van der Waals surface area contributed by atoms with Crippen molar-refractivity contribution in [2.75, 3.05) is 19.6 Å². The Bertz CT molecular complexity index is 657. The summed E-state index contributed by atoms with van der Waals surface area (Å²) >= 11 is 0. The van der Waals surface area contributed by atoms with Crippen LogP contribution in [0.3, 0.4) is 0 Å². The lowest BCUT2D eigenvalue weighted by Gasteiger charge is -2.42. The number of piperidine rings is 1. The zero-order valence-corrected chi connectivity index (χ0v) is 16.5. The molecule has 2 atom stereocenters. The lowest BCUT2D eigenvalue weighted by atomic mass is 9.94. The highest BCUT2D eigenvalue weighted by Gasteiger charge is 2.41. The molecule has 1 unspecified atom stereocenters. The topological polar surface area (TPSA) is 78.7 Å². The highest BCUT2D eigenvalue weighted by Crippen LogP contribution is 2.34. The highest BCUT2D eigenvalue weighted by molar-refractivity contribution is 5.87. The number of benzene rings is 1. The molecule has 3 rings (SSSR count). The number of nitrogens with one attached hydrogen (secondary N) is 1. The number of nitrogens with zero attached hydrogens (tertiary/aromatic N) is 2. The SMILES string of the molecule is CC(=O)N1CCC(N(Cc2ccc(C)cc2)C2CC2)C[C@@H]1C(=O)NCCN. The van der Waals surface area contributed by atoms with Crippen molar-refractivity contribution in [3.05, 3.63) is 35.4 Å². The van der Waals surface area contributed by atoms with Crippen LogP contribution in [0.5, 0.6) is 0 Å². The highest BCUT2D eigenvalue weighted by atomic mass is 16.2. The Hall–Kier alpha value is -1.92. The molecule has 1 heterocycles. The molecule has 1 aliphatic carbocycles. The third-order valence-electron chi connectivity index (χ3n) is 5.70. The molecule has 2 fully saturated rings. The number of carbonyl (C=O) groups excluding carboxylic acids is 2. The van der Waals surface area contributed by atoms with Crippen LogP contribution in [0.15, 0.2) is 24.3 Å². The van der Waals surface area contributed by atoms with Crippen LogP contribution in [0.4, 0.5) is 0 Å². The van der Waals surface area contributed by atoms with E-state index in [0.717, 1.165) is 13.0 Å². The van der Waals surface area contributed by atoms with Crippen LogP contribution in [0.1, 0.15) is 43.7 Å². The molecule has 1 saturated carbocycles. The van der Waals surface area contributed by atoms with Gasteiger partial charge in [-0.3, -0.25) is 14.5 Å². The maximum absolute atomic E-state index is 12.6. The molecular formula is C21H32N4O2. The summed E-state index contributed by atoms with van der Waals surface area (Å²) in [6.45, 7) is 6.05. The van der Waals surface area contributed by atoms with Crippen LogP contribution >= 0.6 is 0 Å². The van der Waals surface area contributed by atoms with Crippen LogP contribution in [-0.2, 0) is 16.1 Å². The number of hydrogen-bond donors (Lipinski definition) is 2. The van der Waals surface area contributed by atoms with E-state index in [-0.39, 0.29) is 11.8 Å². The van der Waals surface area contributed by atoms with Gasteiger partial charge in [-0.15, -0.1) is 0 Å². The minimum Gasteiger partial charge on any atom is -0.353 e. The first-order valence-corrected chi connectivity index (χ1v) is 10.1. The molecule has 0 spiro atoms. The summed E-state index contributed by atoms with van der Waals surface area (Å²) < 4.78 is 0. The zero-order valence-electron chi connectivity index (χ0n) is 16.5. The molecule has 1 aromatic rings. The molecular weight excluding hydrogens is 340 g/mol. The summed E-state index contributed by atoms with van der Waals surface area (Å²) in [6.07, 6.45) is 4.06. The number of nitrogens with two attached hydrogens (primary N) is 1. The van der Waals surface area contributed by atoms with Gasteiger partial charge in [0.15, 0.2) is 0 Å². The van der Waals surface area contributed by atoms with E-state index in [0.29, 0.717) is 38.1 Å². The van der Waals surface area contributed by atoms with E-state index in [1.165, 1.54) is 24.0 Å². The van der Waals surface area contributed by atoms with Gasteiger partial charge >= 0.3 is 0 Å². The molecule has 1 saturated heterocycles. The maximum Gasteiger partial charge on any atom is 0.242 e. The molecule has 2 amide bonds. The average molecular weight is 373 g/mol. The fraction of sp³-hybridized carbons (Fsp3) is 0.619. The minimum atomic E-state index is -0.396. The second-order valence-corrected chi connectivity index (χ2v) is 7.88. The Morgan fingerprint density at radius 3 is 2.48 bits per heavy atom. The van der Waals surface area contributed by atoms with Crippen LogP contribution in [0, 0.1) is 6.92 Å². The lowest BCUT2D eigenvalue weighted by molar-refractivity contribution is -0.142. The van der Waals surface area contributed by atoms with Gasteiger partial charge in [0.05, 0.1) is 0 Å². The Labute approximate surface area is 162 Å². The predicted octanol–water partition coefficient (Wildman–Crippen LogP) is 1.41. The maximum atomic E-state index is 12.6. The summed E-state index contributed by atoms with van der Waals surface area (Å²) in [4.78, 5) is 29.0. The molecule has 148 valence electrons. The number of carbonyl (C=O) groups is 2. The van der Waals surface area contributed by atoms with Crippen LogP contribution < -0.4 is 11.1 Å². The van der Waals surface area contributed by atoms with Gasteiger partial charge in [-0.1, -0.05) is 29.8 Å². The number of amides is 2. The number of aryl methyl sites for hydroxylation is 1. The molecule has 6 heteroatoms. The third kappa shape index (κ3) is 5.08. The molecule has 0 radical (unpaired) electrons. The summed E-state index contributed by atoms with van der Waals surface area (Å²) in [7, 11) is 0. The normalized spacial score (nSPS) is 22.7. The van der Waals surface area contributed by atoms with Crippen molar-refractivity contribution in [2.24, 2.45) is 5.73 Å². The predicted molar refractivity (Wildman–Crippen MR) is 106 cm³/mol. The quantitative estimate of drug-likeness (QED) is 0.759. The van der Waals surface area contributed by atoms with E-state index >= 15 is 0 Å². The largest absolute Gasteiger partial charge is 0.353 e. The van der Waals surface area contributed by atoms with Gasteiger partial charge in [0.1, 0.15) is 6.04 Å². The van der Waals surface area contributed by atoms with Crippen molar-refractivity contribution in [2.45, 2.75) is 64.2 Å². The van der Waals surface area contributed by atoms with Crippen molar-refractivity contribution >= 4 is 11.8 Å². The van der Waals surface area contributed by atoms with Crippen molar-refractivity contribution < 1.29 is 9.59 Å². The number of hydrogen-bond acceptors (Lipinski definition) is 4. The Morgan fingerprint density at radius 2 is 1.89 bits per heavy atom. The van der Waals surface area contributed by atoms with Gasteiger partial charge in [0, 0.05) is 45.2 Å². The Morgan fingerprint density at radius 1 is 1.19 bits per heavy atom. The zero-order chi connectivity index (χ0) is 19.4. The first kappa shape index (κ1) is 19.8. The Kier molecular flexibility index (Phi) is 6.50. The van der Waals surface area contributed by atoms with E-state index in [2.05, 4.69) is 41.4 Å². The molecule has 3 N–H and O–H groups in total. The van der Waals surface area contributed by atoms with E-state index in [4.69, 9.17) is 5.73 Å². The van der Waals surface area contributed by atoms with Crippen LogP contribution in [0.25, 0.3) is 0 Å². The van der Waals surface area contributed by atoms with Crippen molar-refractivity contribution in [1.82, 2.24) is 15.1 Å². The van der Waals surface area contributed by atoms with Crippen LogP contribution in [0.2, 0.25) is 0 Å². The van der Waals surface area contributed by atoms with Gasteiger partial charge < -0.3 is 16.0 Å². The lowest BCUT2D eigenvalue weighted by Crippen LogP contribution is -2.57. The van der Waals surface area contributed by atoms with Gasteiger partial charge in [-0.2, -0.15) is 0 Å². The summed E-state index contributed by atoms with van der Waals surface area (Å²) in [5.74, 6) is -0.107. The molecule has 1 aliphatic heterocycles. The van der Waals surface area contributed by atoms with Gasteiger partial charge in [-0.25, -0.2) is 0 Å². The smallest absolute Gasteiger partial charge is 0.242 e. The molecule has 1 aromatic carbocycles. The second-order valence-electron chi connectivity index (χ2n) is 7.88. The summed E-state index contributed by atoms with van der Waals surface area (Å²) in [5, 5.41) is 2.87. The molecule has 6 nitrogen and oxygen atoms in total. The minimum absolute atomic E-state index is 0.0298. The number of likely N-dealkylation sites (tertiary alicyclic amines) is 1. The van der Waals surface area contributed by atoms with E-state index in [1.54, 1.807) is 11.8 Å². The average Bonchev–Trinajstić information content (AvgIpc) is 3.50. The first-order chi connectivity index (χ1) is 13.0. The molecule has 0 aromatic heterocycles. The van der Waals surface area contributed by atoms with Crippen molar-refractivity contribution in [1.29, 1.82) is 0 Å². The fourth-order valence-corrected chi connectivity index (χ4v) is 4.05.